The number of nitrogen functional groups attached to an aromatic ring is 1. The molecule has 0 unspecified atom stereocenters. The molecular formula is C13H8F3N5. The Morgan fingerprint density at radius 2 is 1.76 bits per heavy atom. The van der Waals surface area contributed by atoms with Crippen LogP contribution in [0.1, 0.15) is 0 Å². The maximum absolute atomic E-state index is 13.9. The van der Waals surface area contributed by atoms with Crippen LogP contribution in [0.2, 0.25) is 0 Å². The van der Waals surface area contributed by atoms with Crippen LogP contribution in [-0.4, -0.2) is 20.2 Å². The first-order valence-corrected chi connectivity index (χ1v) is 5.85. The Balaban J connectivity index is 2.17. The number of tetrazole rings is 1. The molecule has 2 N–H and O–H groups in total. The lowest BCUT2D eigenvalue weighted by Crippen LogP contribution is -2.04. The van der Waals surface area contributed by atoms with Crippen molar-refractivity contribution in [3.63, 3.8) is 0 Å². The van der Waals surface area contributed by atoms with E-state index in [0.717, 1.165) is 16.8 Å². The van der Waals surface area contributed by atoms with Gasteiger partial charge in [-0.15, -0.1) is 5.10 Å². The van der Waals surface area contributed by atoms with Crippen LogP contribution >= 0.6 is 0 Å². The molecule has 3 aromatic rings. The van der Waals surface area contributed by atoms with Crippen LogP contribution in [0.5, 0.6) is 0 Å². The molecule has 2 aromatic carbocycles. The summed E-state index contributed by atoms with van der Waals surface area (Å²) in [4.78, 5) is 0. The van der Waals surface area contributed by atoms with E-state index in [4.69, 9.17) is 5.73 Å². The smallest absolute Gasteiger partial charge is 0.190 e. The number of benzene rings is 2. The zero-order valence-electron chi connectivity index (χ0n) is 10.5. The lowest BCUT2D eigenvalue weighted by molar-refractivity contribution is 0.571. The number of halogens is 3. The van der Waals surface area contributed by atoms with Gasteiger partial charge >= 0.3 is 0 Å². The summed E-state index contributed by atoms with van der Waals surface area (Å²) in [6, 6.07) is 6.88. The number of hydrogen-bond acceptors (Lipinski definition) is 4. The summed E-state index contributed by atoms with van der Waals surface area (Å²) in [5.41, 5.74) is 5.67. The van der Waals surface area contributed by atoms with E-state index in [1.165, 1.54) is 18.2 Å². The van der Waals surface area contributed by atoms with Gasteiger partial charge in [-0.1, -0.05) is 0 Å². The Kier molecular flexibility index (Phi) is 3.05. The third-order valence-corrected chi connectivity index (χ3v) is 2.84. The maximum Gasteiger partial charge on any atom is 0.190 e. The Labute approximate surface area is 116 Å². The predicted molar refractivity (Wildman–Crippen MR) is 68.9 cm³/mol. The summed E-state index contributed by atoms with van der Waals surface area (Å²) in [5, 5.41) is 10.7. The van der Waals surface area contributed by atoms with E-state index in [0.29, 0.717) is 6.07 Å². The minimum atomic E-state index is -0.862. The first kappa shape index (κ1) is 13.1. The van der Waals surface area contributed by atoms with Crippen molar-refractivity contribution in [1.82, 2.24) is 20.2 Å². The van der Waals surface area contributed by atoms with Crippen molar-refractivity contribution in [3.05, 3.63) is 53.8 Å². The average Bonchev–Trinajstić information content (AvgIpc) is 2.87. The normalized spacial score (nSPS) is 10.8. The van der Waals surface area contributed by atoms with Crippen molar-refractivity contribution >= 4 is 5.69 Å². The number of nitrogens with zero attached hydrogens (tertiary/aromatic N) is 4. The molecule has 0 bridgehead atoms. The van der Waals surface area contributed by atoms with Crippen molar-refractivity contribution < 1.29 is 13.2 Å². The van der Waals surface area contributed by atoms with Gasteiger partial charge in [0.1, 0.15) is 17.3 Å². The number of rotatable bonds is 2. The van der Waals surface area contributed by atoms with Gasteiger partial charge in [0, 0.05) is 11.8 Å². The molecule has 0 saturated carbocycles. The zero-order valence-corrected chi connectivity index (χ0v) is 10.5. The van der Waals surface area contributed by atoms with E-state index in [2.05, 4.69) is 15.5 Å². The number of anilines is 1. The molecular weight excluding hydrogens is 283 g/mol. The van der Waals surface area contributed by atoms with E-state index in [1.807, 2.05) is 0 Å². The lowest BCUT2D eigenvalue weighted by atomic mass is 10.1. The first-order chi connectivity index (χ1) is 10.1. The van der Waals surface area contributed by atoms with Gasteiger partial charge in [-0.3, -0.25) is 0 Å². The third-order valence-electron chi connectivity index (χ3n) is 2.84. The van der Waals surface area contributed by atoms with Crippen LogP contribution in [0.15, 0.2) is 36.4 Å². The maximum atomic E-state index is 13.9. The molecule has 0 aliphatic carbocycles. The standard InChI is InChI=1S/C13H8F3N5/c14-7-1-4-12(11(16)5-7)21-13(18-19-20-21)9-3-2-8(17)6-10(9)15/h1-6H,17H2. The fraction of sp³-hybridized carbons (Fsp3) is 0. The van der Waals surface area contributed by atoms with Crippen molar-refractivity contribution in [1.29, 1.82) is 0 Å². The summed E-state index contributed by atoms with van der Waals surface area (Å²) >= 11 is 0. The van der Waals surface area contributed by atoms with Crippen LogP contribution in [0.3, 0.4) is 0 Å². The van der Waals surface area contributed by atoms with E-state index in [-0.39, 0.29) is 22.8 Å². The highest BCUT2D eigenvalue weighted by atomic mass is 19.1. The van der Waals surface area contributed by atoms with Crippen LogP contribution in [0, 0.1) is 17.5 Å². The molecule has 0 fully saturated rings. The molecule has 0 radical (unpaired) electrons. The zero-order chi connectivity index (χ0) is 15.0. The molecule has 0 spiro atoms. The monoisotopic (exact) mass is 291 g/mol. The van der Waals surface area contributed by atoms with Crippen molar-refractivity contribution in [2.45, 2.75) is 0 Å². The molecule has 8 heteroatoms. The topological polar surface area (TPSA) is 69.6 Å². The van der Waals surface area contributed by atoms with Gasteiger partial charge in [0.15, 0.2) is 11.6 Å². The molecule has 0 aliphatic heterocycles. The molecule has 21 heavy (non-hydrogen) atoms. The average molecular weight is 291 g/mol. The second kappa shape index (κ2) is 4.89. The van der Waals surface area contributed by atoms with Gasteiger partial charge in [0.05, 0.1) is 5.56 Å². The molecule has 0 amide bonds. The van der Waals surface area contributed by atoms with Crippen LogP contribution < -0.4 is 5.73 Å². The molecule has 0 saturated heterocycles. The van der Waals surface area contributed by atoms with Gasteiger partial charge in [-0.2, -0.15) is 4.68 Å². The van der Waals surface area contributed by atoms with Gasteiger partial charge in [0.25, 0.3) is 0 Å². The van der Waals surface area contributed by atoms with E-state index in [9.17, 15) is 13.2 Å². The quantitative estimate of drug-likeness (QED) is 0.736. The second-order valence-corrected chi connectivity index (χ2v) is 4.25. The Morgan fingerprint density at radius 3 is 2.48 bits per heavy atom. The minimum Gasteiger partial charge on any atom is -0.399 e. The van der Waals surface area contributed by atoms with Gasteiger partial charge in [-0.25, -0.2) is 13.2 Å². The fourth-order valence-electron chi connectivity index (χ4n) is 1.88. The van der Waals surface area contributed by atoms with E-state index in [1.54, 1.807) is 0 Å². The van der Waals surface area contributed by atoms with Crippen molar-refractivity contribution in [2.75, 3.05) is 5.73 Å². The third kappa shape index (κ3) is 2.31. The molecule has 0 aliphatic rings. The van der Waals surface area contributed by atoms with Crippen molar-refractivity contribution in [2.24, 2.45) is 0 Å². The molecule has 1 aromatic heterocycles. The Bertz CT molecular complexity index is 749. The molecule has 106 valence electrons. The van der Waals surface area contributed by atoms with E-state index < -0.39 is 17.5 Å². The number of hydrogen-bond donors (Lipinski definition) is 1. The number of aromatic nitrogens is 4. The van der Waals surface area contributed by atoms with Crippen LogP contribution in [0.4, 0.5) is 18.9 Å². The Morgan fingerprint density at radius 1 is 0.952 bits per heavy atom. The summed E-state index contributed by atoms with van der Waals surface area (Å²) < 4.78 is 41.7. The van der Waals surface area contributed by atoms with Gasteiger partial charge in [-0.05, 0) is 40.8 Å². The second-order valence-electron chi connectivity index (χ2n) is 4.25. The van der Waals surface area contributed by atoms with Gasteiger partial charge < -0.3 is 5.73 Å². The van der Waals surface area contributed by atoms with Crippen LogP contribution in [-0.2, 0) is 0 Å². The highest BCUT2D eigenvalue weighted by molar-refractivity contribution is 5.61. The van der Waals surface area contributed by atoms with Crippen molar-refractivity contribution in [3.8, 4) is 17.1 Å². The summed E-state index contributed by atoms with van der Waals surface area (Å²) in [6.45, 7) is 0. The van der Waals surface area contributed by atoms with Gasteiger partial charge in [0.2, 0.25) is 0 Å². The lowest BCUT2D eigenvalue weighted by Gasteiger charge is -2.07. The first-order valence-electron chi connectivity index (χ1n) is 5.85. The highest BCUT2D eigenvalue weighted by Gasteiger charge is 2.17. The minimum absolute atomic E-state index is 0.0157. The number of nitrogens with two attached hydrogens (primary N) is 1. The fourth-order valence-corrected chi connectivity index (χ4v) is 1.88. The molecule has 0 atom stereocenters. The molecule has 1 heterocycles. The SMILES string of the molecule is Nc1ccc(-c2nnnn2-c2ccc(F)cc2F)c(F)c1. The largest absolute Gasteiger partial charge is 0.399 e. The van der Waals surface area contributed by atoms with E-state index >= 15 is 0 Å². The Hall–Kier alpha value is -2.90. The molecule has 5 nitrogen and oxygen atoms in total. The summed E-state index contributed by atoms with van der Waals surface area (Å²) in [5.74, 6) is -2.25. The predicted octanol–water partition coefficient (Wildman–Crippen LogP) is 2.33. The van der Waals surface area contributed by atoms with Crippen LogP contribution in [0.25, 0.3) is 17.1 Å². The highest BCUT2D eigenvalue weighted by Crippen LogP contribution is 2.25. The summed E-state index contributed by atoms with van der Waals surface area (Å²) in [6.07, 6.45) is 0. The molecule has 3 rings (SSSR count). The summed E-state index contributed by atoms with van der Waals surface area (Å²) in [7, 11) is 0.